The summed E-state index contributed by atoms with van der Waals surface area (Å²) >= 11 is 0. The Labute approximate surface area is 107 Å². The zero-order valence-corrected chi connectivity index (χ0v) is 10.3. The molecule has 1 aromatic rings. The average molecular weight is 243 g/mol. The molecule has 18 heavy (non-hydrogen) atoms. The van der Waals surface area contributed by atoms with Crippen LogP contribution >= 0.6 is 0 Å². The summed E-state index contributed by atoms with van der Waals surface area (Å²) in [7, 11) is 0. The number of nitrogens with zero attached hydrogens (tertiary/aromatic N) is 1. The summed E-state index contributed by atoms with van der Waals surface area (Å²) in [6, 6.07) is 9.11. The van der Waals surface area contributed by atoms with E-state index in [2.05, 4.69) is 0 Å². The van der Waals surface area contributed by atoms with Gasteiger partial charge in [0, 0.05) is 18.5 Å². The number of amides is 1. The number of ketones is 1. The molecule has 1 saturated carbocycles. The number of fused-ring (bicyclic) bond motifs is 2. The minimum absolute atomic E-state index is 0.00861. The Morgan fingerprint density at radius 2 is 1.94 bits per heavy atom. The third-order valence-electron chi connectivity index (χ3n) is 4.16. The van der Waals surface area contributed by atoms with Crippen LogP contribution in [0.15, 0.2) is 30.3 Å². The maximum atomic E-state index is 12.4. The van der Waals surface area contributed by atoms with Crippen LogP contribution in [0.1, 0.15) is 36.0 Å². The van der Waals surface area contributed by atoms with Crippen molar-refractivity contribution in [3.8, 4) is 0 Å². The molecule has 1 saturated heterocycles. The van der Waals surface area contributed by atoms with Crippen LogP contribution in [0, 0.1) is 5.92 Å². The molecule has 2 fully saturated rings. The van der Waals surface area contributed by atoms with Crippen molar-refractivity contribution in [1.82, 2.24) is 4.90 Å². The van der Waals surface area contributed by atoms with Gasteiger partial charge in [-0.15, -0.1) is 0 Å². The highest BCUT2D eigenvalue weighted by Crippen LogP contribution is 2.33. The third-order valence-corrected chi connectivity index (χ3v) is 4.16. The topological polar surface area (TPSA) is 37.4 Å². The SMILES string of the molecule is O=C1CCC2CCN(C(=O)c3ccccc3)C1C2. The van der Waals surface area contributed by atoms with Crippen molar-refractivity contribution in [2.24, 2.45) is 5.92 Å². The first-order chi connectivity index (χ1) is 8.75. The van der Waals surface area contributed by atoms with Crippen molar-refractivity contribution in [3.63, 3.8) is 0 Å². The number of hydrogen-bond donors (Lipinski definition) is 0. The fourth-order valence-corrected chi connectivity index (χ4v) is 3.11. The first-order valence-corrected chi connectivity index (χ1v) is 6.64. The summed E-state index contributed by atoms with van der Waals surface area (Å²) < 4.78 is 0. The standard InChI is InChI=1S/C15H17NO2/c17-14-7-6-11-8-9-16(13(14)10-11)15(18)12-4-2-1-3-5-12/h1-5,11,13H,6-10H2. The van der Waals surface area contributed by atoms with E-state index < -0.39 is 0 Å². The lowest BCUT2D eigenvalue weighted by Crippen LogP contribution is -2.52. The van der Waals surface area contributed by atoms with Gasteiger partial charge in [0.15, 0.2) is 5.78 Å². The lowest BCUT2D eigenvalue weighted by atomic mass is 9.79. The van der Waals surface area contributed by atoms with E-state index in [0.29, 0.717) is 17.9 Å². The van der Waals surface area contributed by atoms with E-state index in [0.717, 1.165) is 25.8 Å². The van der Waals surface area contributed by atoms with Gasteiger partial charge in [0.25, 0.3) is 5.91 Å². The Hall–Kier alpha value is -1.64. The van der Waals surface area contributed by atoms with E-state index in [1.807, 2.05) is 30.3 Å². The van der Waals surface area contributed by atoms with Crippen molar-refractivity contribution < 1.29 is 9.59 Å². The van der Waals surface area contributed by atoms with Crippen LogP contribution in [0.3, 0.4) is 0 Å². The number of piperidine rings is 1. The molecule has 3 rings (SSSR count). The summed E-state index contributed by atoms with van der Waals surface area (Å²) in [5.74, 6) is 0.900. The summed E-state index contributed by atoms with van der Waals surface area (Å²) in [5.41, 5.74) is 0.689. The number of Topliss-reactive ketones (excluding diaryl/α,β-unsaturated/α-hetero) is 1. The first-order valence-electron chi connectivity index (χ1n) is 6.64. The second kappa shape index (κ2) is 4.56. The molecule has 1 aliphatic carbocycles. The number of benzene rings is 1. The molecule has 1 amide bonds. The Morgan fingerprint density at radius 3 is 2.72 bits per heavy atom. The molecule has 1 heterocycles. The zero-order chi connectivity index (χ0) is 12.5. The highest BCUT2D eigenvalue weighted by molar-refractivity contribution is 5.98. The molecule has 94 valence electrons. The van der Waals surface area contributed by atoms with Crippen LogP contribution in [0.2, 0.25) is 0 Å². The minimum Gasteiger partial charge on any atom is -0.329 e. The van der Waals surface area contributed by atoms with Crippen LogP contribution in [0.25, 0.3) is 0 Å². The Morgan fingerprint density at radius 1 is 1.17 bits per heavy atom. The number of carbonyl (C=O) groups excluding carboxylic acids is 2. The number of hydrogen-bond acceptors (Lipinski definition) is 2. The number of likely N-dealkylation sites (tertiary alicyclic amines) is 1. The van der Waals surface area contributed by atoms with Gasteiger partial charge >= 0.3 is 0 Å². The van der Waals surface area contributed by atoms with Gasteiger partial charge in [-0.25, -0.2) is 0 Å². The Bertz CT molecular complexity index is 469. The molecule has 3 nitrogen and oxygen atoms in total. The summed E-state index contributed by atoms with van der Waals surface area (Å²) in [4.78, 5) is 26.2. The predicted octanol–water partition coefficient (Wildman–Crippen LogP) is 2.27. The van der Waals surface area contributed by atoms with E-state index in [4.69, 9.17) is 0 Å². The smallest absolute Gasteiger partial charge is 0.254 e. The quantitative estimate of drug-likeness (QED) is 0.758. The van der Waals surface area contributed by atoms with Crippen molar-refractivity contribution in [2.75, 3.05) is 6.54 Å². The maximum Gasteiger partial charge on any atom is 0.254 e. The summed E-state index contributed by atoms with van der Waals surface area (Å²) in [6.45, 7) is 0.731. The molecule has 2 unspecified atom stereocenters. The van der Waals surface area contributed by atoms with Crippen LogP contribution in [0.5, 0.6) is 0 Å². The molecule has 0 aromatic heterocycles. The molecule has 0 N–H and O–H groups in total. The summed E-state index contributed by atoms with van der Waals surface area (Å²) in [6.07, 6.45) is 3.58. The highest BCUT2D eigenvalue weighted by atomic mass is 16.2. The highest BCUT2D eigenvalue weighted by Gasteiger charge is 2.39. The molecule has 2 aliphatic rings. The van der Waals surface area contributed by atoms with E-state index in [-0.39, 0.29) is 17.7 Å². The molecule has 0 radical (unpaired) electrons. The zero-order valence-electron chi connectivity index (χ0n) is 10.3. The average Bonchev–Trinajstić information content (AvgIpc) is 2.44. The molecule has 2 bridgehead atoms. The second-order valence-electron chi connectivity index (χ2n) is 5.28. The lowest BCUT2D eigenvalue weighted by molar-refractivity contribution is -0.128. The van der Waals surface area contributed by atoms with Crippen LogP contribution in [0.4, 0.5) is 0 Å². The van der Waals surface area contributed by atoms with E-state index in [1.54, 1.807) is 4.90 Å². The first kappa shape index (κ1) is 11.5. The van der Waals surface area contributed by atoms with Crippen LogP contribution < -0.4 is 0 Å². The van der Waals surface area contributed by atoms with Crippen molar-refractivity contribution in [2.45, 2.75) is 31.7 Å². The van der Waals surface area contributed by atoms with E-state index >= 15 is 0 Å². The molecule has 0 spiro atoms. The maximum absolute atomic E-state index is 12.4. The van der Waals surface area contributed by atoms with E-state index in [1.165, 1.54) is 0 Å². The number of carbonyl (C=O) groups is 2. The Kier molecular flexibility index (Phi) is 2.90. The van der Waals surface area contributed by atoms with Gasteiger partial charge in [-0.1, -0.05) is 18.2 Å². The fourth-order valence-electron chi connectivity index (χ4n) is 3.11. The Balaban J connectivity index is 1.83. The molecule has 3 heteroatoms. The lowest BCUT2D eigenvalue weighted by Gasteiger charge is -2.42. The monoisotopic (exact) mass is 243 g/mol. The largest absolute Gasteiger partial charge is 0.329 e. The third kappa shape index (κ3) is 1.94. The molecule has 1 aromatic carbocycles. The molecular weight excluding hydrogens is 226 g/mol. The molecular formula is C15H17NO2. The van der Waals surface area contributed by atoms with Crippen molar-refractivity contribution in [1.29, 1.82) is 0 Å². The van der Waals surface area contributed by atoms with Crippen LogP contribution in [-0.2, 0) is 4.79 Å². The van der Waals surface area contributed by atoms with Gasteiger partial charge in [-0.3, -0.25) is 9.59 Å². The van der Waals surface area contributed by atoms with Gasteiger partial charge in [0.2, 0.25) is 0 Å². The summed E-state index contributed by atoms with van der Waals surface area (Å²) in [5, 5.41) is 0. The molecule has 1 aliphatic heterocycles. The predicted molar refractivity (Wildman–Crippen MR) is 68.2 cm³/mol. The van der Waals surface area contributed by atoms with Gasteiger partial charge in [0.05, 0.1) is 6.04 Å². The van der Waals surface area contributed by atoms with Gasteiger partial charge in [-0.2, -0.15) is 0 Å². The van der Waals surface area contributed by atoms with Gasteiger partial charge in [-0.05, 0) is 37.3 Å². The molecule has 2 atom stereocenters. The van der Waals surface area contributed by atoms with Gasteiger partial charge < -0.3 is 4.90 Å². The second-order valence-corrected chi connectivity index (χ2v) is 5.28. The van der Waals surface area contributed by atoms with Crippen molar-refractivity contribution in [3.05, 3.63) is 35.9 Å². The fraction of sp³-hybridized carbons (Fsp3) is 0.467. The number of rotatable bonds is 1. The van der Waals surface area contributed by atoms with Crippen molar-refractivity contribution >= 4 is 11.7 Å². The normalized spacial score (nSPS) is 27.1. The van der Waals surface area contributed by atoms with Crippen LogP contribution in [-0.4, -0.2) is 29.2 Å². The minimum atomic E-state index is -0.162. The van der Waals surface area contributed by atoms with E-state index in [9.17, 15) is 9.59 Å². The van der Waals surface area contributed by atoms with Gasteiger partial charge in [0.1, 0.15) is 0 Å².